The first kappa shape index (κ1) is 15.0. The van der Waals surface area contributed by atoms with Crippen LogP contribution in [-0.4, -0.2) is 35.1 Å². The number of nitrogens with two attached hydrogens (primary N) is 1. The lowest BCUT2D eigenvalue weighted by atomic mass is 10.1. The van der Waals surface area contributed by atoms with Crippen molar-refractivity contribution in [3.05, 3.63) is 6.33 Å². The third kappa shape index (κ3) is 4.59. The Morgan fingerprint density at radius 2 is 2.00 bits per heavy atom. The van der Waals surface area contributed by atoms with Crippen LogP contribution in [0.5, 0.6) is 5.75 Å². The first-order valence-electron chi connectivity index (χ1n) is 5.78. The number of anilines is 2. The summed E-state index contributed by atoms with van der Waals surface area (Å²) in [5, 5.41) is 5.71. The van der Waals surface area contributed by atoms with E-state index in [9.17, 15) is 4.79 Å². The summed E-state index contributed by atoms with van der Waals surface area (Å²) in [6.45, 7) is 5.81. The number of carbonyl (C=O) groups excluding carboxylic acids is 1. The molecular weight excluding hydrogens is 248 g/mol. The second-order valence-electron chi connectivity index (χ2n) is 4.90. The van der Waals surface area contributed by atoms with Crippen LogP contribution in [-0.2, 0) is 4.79 Å². The minimum atomic E-state index is -0.279. The van der Waals surface area contributed by atoms with Crippen LogP contribution in [0.2, 0.25) is 0 Å². The zero-order valence-corrected chi connectivity index (χ0v) is 11.6. The molecule has 0 unspecified atom stereocenters. The molecular formula is C11H20N6O2. The molecule has 0 fully saturated rings. The van der Waals surface area contributed by atoms with Crippen LogP contribution in [0.25, 0.3) is 0 Å². The van der Waals surface area contributed by atoms with Crippen molar-refractivity contribution in [2.75, 3.05) is 24.4 Å². The number of aromatic nitrogens is 2. The van der Waals surface area contributed by atoms with E-state index in [4.69, 9.17) is 10.6 Å². The van der Waals surface area contributed by atoms with Gasteiger partial charge in [-0.3, -0.25) is 4.79 Å². The van der Waals surface area contributed by atoms with E-state index < -0.39 is 0 Å². The monoisotopic (exact) mass is 268 g/mol. The Balaban J connectivity index is 2.70. The van der Waals surface area contributed by atoms with Gasteiger partial charge in [0.1, 0.15) is 6.33 Å². The fourth-order valence-electron chi connectivity index (χ4n) is 1.42. The highest BCUT2D eigenvalue weighted by Crippen LogP contribution is 2.27. The van der Waals surface area contributed by atoms with E-state index in [1.165, 1.54) is 13.4 Å². The van der Waals surface area contributed by atoms with Crippen LogP contribution in [0.4, 0.5) is 11.6 Å². The fraction of sp³-hybridized carbons (Fsp3) is 0.545. The molecule has 1 aromatic heterocycles. The SMILES string of the molecule is COc1c(NN)ncnc1NCC(=O)NC(C)(C)C. The van der Waals surface area contributed by atoms with Crippen LogP contribution in [0.3, 0.4) is 0 Å². The van der Waals surface area contributed by atoms with E-state index in [1.54, 1.807) is 0 Å². The Hall–Kier alpha value is -2.09. The van der Waals surface area contributed by atoms with E-state index in [0.29, 0.717) is 17.4 Å². The summed E-state index contributed by atoms with van der Waals surface area (Å²) in [6.07, 6.45) is 1.32. The number of ether oxygens (including phenoxy) is 1. The van der Waals surface area contributed by atoms with Gasteiger partial charge in [-0.05, 0) is 20.8 Å². The molecule has 0 spiro atoms. The highest BCUT2D eigenvalue weighted by atomic mass is 16.5. The lowest BCUT2D eigenvalue weighted by molar-refractivity contribution is -0.120. The van der Waals surface area contributed by atoms with E-state index in [-0.39, 0.29) is 18.0 Å². The maximum atomic E-state index is 11.7. The first-order chi connectivity index (χ1) is 8.87. The first-order valence-corrected chi connectivity index (χ1v) is 5.78. The number of hydrogen-bond donors (Lipinski definition) is 4. The highest BCUT2D eigenvalue weighted by molar-refractivity contribution is 5.81. The van der Waals surface area contributed by atoms with Crippen LogP contribution in [0, 0.1) is 0 Å². The molecule has 0 saturated carbocycles. The van der Waals surface area contributed by atoms with Gasteiger partial charge >= 0.3 is 0 Å². The number of carbonyl (C=O) groups is 1. The van der Waals surface area contributed by atoms with Crippen molar-refractivity contribution in [2.45, 2.75) is 26.3 Å². The molecule has 1 rings (SSSR count). The number of nitrogens with one attached hydrogen (secondary N) is 3. The Morgan fingerprint density at radius 1 is 1.37 bits per heavy atom. The van der Waals surface area contributed by atoms with Crippen molar-refractivity contribution in [2.24, 2.45) is 5.84 Å². The maximum Gasteiger partial charge on any atom is 0.239 e. The Bertz CT molecular complexity index is 443. The molecule has 1 aromatic rings. The molecule has 1 amide bonds. The lowest BCUT2D eigenvalue weighted by Crippen LogP contribution is -2.43. The molecule has 0 aliphatic carbocycles. The van der Waals surface area contributed by atoms with Crippen LogP contribution in [0.1, 0.15) is 20.8 Å². The molecule has 8 nitrogen and oxygen atoms in total. The molecule has 0 aliphatic heterocycles. The van der Waals surface area contributed by atoms with Crippen molar-refractivity contribution >= 4 is 17.5 Å². The number of nitrogen functional groups attached to an aromatic ring is 1. The summed E-state index contributed by atoms with van der Waals surface area (Å²) < 4.78 is 5.14. The zero-order chi connectivity index (χ0) is 14.5. The van der Waals surface area contributed by atoms with Gasteiger partial charge in [-0.2, -0.15) is 0 Å². The van der Waals surface area contributed by atoms with E-state index in [0.717, 1.165) is 0 Å². The molecule has 0 aliphatic rings. The van der Waals surface area contributed by atoms with Gasteiger partial charge in [-0.15, -0.1) is 0 Å². The third-order valence-corrected chi connectivity index (χ3v) is 2.08. The minimum absolute atomic E-state index is 0.0780. The van der Waals surface area contributed by atoms with Gasteiger partial charge in [0.05, 0.1) is 13.7 Å². The smallest absolute Gasteiger partial charge is 0.239 e. The molecule has 0 atom stereocenters. The van der Waals surface area contributed by atoms with E-state index in [1.807, 2.05) is 20.8 Å². The molecule has 1 heterocycles. The zero-order valence-electron chi connectivity index (χ0n) is 11.6. The maximum absolute atomic E-state index is 11.7. The average molecular weight is 268 g/mol. The summed E-state index contributed by atoms with van der Waals surface area (Å²) in [7, 11) is 1.47. The summed E-state index contributed by atoms with van der Waals surface area (Å²) in [6, 6.07) is 0. The highest BCUT2D eigenvalue weighted by Gasteiger charge is 2.15. The third-order valence-electron chi connectivity index (χ3n) is 2.08. The largest absolute Gasteiger partial charge is 0.490 e. The lowest BCUT2D eigenvalue weighted by Gasteiger charge is -2.21. The number of nitrogens with zero attached hydrogens (tertiary/aromatic N) is 2. The molecule has 8 heteroatoms. The summed E-state index contributed by atoms with van der Waals surface area (Å²) in [5.41, 5.74) is 2.12. The second kappa shape index (κ2) is 6.19. The van der Waals surface area contributed by atoms with Gasteiger partial charge in [-0.1, -0.05) is 0 Å². The van der Waals surface area contributed by atoms with Gasteiger partial charge in [0.15, 0.2) is 11.6 Å². The van der Waals surface area contributed by atoms with Gasteiger partial charge < -0.3 is 20.8 Å². The number of rotatable bonds is 5. The summed E-state index contributed by atoms with van der Waals surface area (Å²) >= 11 is 0. The number of hydrogen-bond acceptors (Lipinski definition) is 7. The molecule has 0 radical (unpaired) electrons. The Labute approximate surface area is 112 Å². The number of methoxy groups -OCH3 is 1. The van der Waals surface area contributed by atoms with Crippen molar-refractivity contribution in [1.29, 1.82) is 0 Å². The van der Waals surface area contributed by atoms with Gasteiger partial charge in [-0.25, -0.2) is 15.8 Å². The molecule has 0 bridgehead atoms. The standard InChI is InChI=1S/C11H20N6O2/c1-11(2,3)16-7(18)5-13-9-8(19-4)10(17-12)15-6-14-9/h6H,5,12H2,1-4H3,(H,16,18)(H2,13,14,15,17). The second-order valence-corrected chi connectivity index (χ2v) is 4.90. The molecule has 19 heavy (non-hydrogen) atoms. The topological polar surface area (TPSA) is 114 Å². The van der Waals surface area contributed by atoms with Crippen molar-refractivity contribution < 1.29 is 9.53 Å². The van der Waals surface area contributed by atoms with Gasteiger partial charge in [0.25, 0.3) is 0 Å². The predicted octanol–water partition coefficient (Wildman–Crippen LogP) is 0.0974. The van der Waals surface area contributed by atoms with Gasteiger partial charge in [0.2, 0.25) is 11.7 Å². The summed E-state index contributed by atoms with van der Waals surface area (Å²) in [4.78, 5) is 19.6. The predicted molar refractivity (Wildman–Crippen MR) is 72.8 cm³/mol. The van der Waals surface area contributed by atoms with E-state index >= 15 is 0 Å². The number of hydrazine groups is 1. The van der Waals surface area contributed by atoms with Crippen LogP contribution >= 0.6 is 0 Å². The van der Waals surface area contributed by atoms with Crippen molar-refractivity contribution in [1.82, 2.24) is 15.3 Å². The summed E-state index contributed by atoms with van der Waals surface area (Å²) in [5.74, 6) is 6.26. The minimum Gasteiger partial charge on any atom is -0.490 e. The normalized spacial score (nSPS) is 10.8. The molecule has 0 aromatic carbocycles. The molecule has 106 valence electrons. The molecule has 0 saturated heterocycles. The Kier molecular flexibility index (Phi) is 4.87. The Morgan fingerprint density at radius 3 is 2.53 bits per heavy atom. The quantitative estimate of drug-likeness (QED) is 0.442. The fourth-order valence-corrected chi connectivity index (χ4v) is 1.42. The van der Waals surface area contributed by atoms with Gasteiger partial charge in [0, 0.05) is 5.54 Å². The number of amides is 1. The van der Waals surface area contributed by atoms with Crippen molar-refractivity contribution in [3.8, 4) is 5.75 Å². The van der Waals surface area contributed by atoms with Crippen LogP contribution < -0.4 is 26.6 Å². The van der Waals surface area contributed by atoms with Crippen molar-refractivity contribution in [3.63, 3.8) is 0 Å². The van der Waals surface area contributed by atoms with Crippen LogP contribution in [0.15, 0.2) is 6.33 Å². The average Bonchev–Trinajstić information content (AvgIpc) is 2.33. The molecule has 5 N–H and O–H groups in total. The van der Waals surface area contributed by atoms with E-state index in [2.05, 4.69) is 26.0 Å².